The molecule has 6 rings (SSSR count). The number of carbonyl (C=O) groups excluding carboxylic acids is 2. The maximum absolute atomic E-state index is 13.1. The SMILES string of the molecule is O=C1NC(=O)C(c2cn(CC(O)CN3CCOCC3)c3ccc(O)cc23)=C1c1c[nH]c2ccccc12. The summed E-state index contributed by atoms with van der Waals surface area (Å²) in [5.41, 5.74) is 3.32. The molecule has 1 fully saturated rings. The van der Waals surface area contributed by atoms with Crippen LogP contribution < -0.4 is 5.32 Å². The van der Waals surface area contributed by atoms with Crippen molar-refractivity contribution in [3.63, 3.8) is 0 Å². The van der Waals surface area contributed by atoms with E-state index in [9.17, 15) is 19.8 Å². The lowest BCUT2D eigenvalue weighted by atomic mass is 9.95. The first-order valence-electron chi connectivity index (χ1n) is 12.0. The van der Waals surface area contributed by atoms with E-state index < -0.39 is 17.9 Å². The van der Waals surface area contributed by atoms with Crippen molar-refractivity contribution in [3.05, 3.63) is 66.0 Å². The number of aromatic hydroxyl groups is 1. The number of benzene rings is 2. The Labute approximate surface area is 206 Å². The molecule has 2 amide bonds. The third kappa shape index (κ3) is 3.87. The summed E-state index contributed by atoms with van der Waals surface area (Å²) in [4.78, 5) is 31.4. The molecular weight excluding hydrogens is 460 g/mol. The second-order valence-electron chi connectivity index (χ2n) is 9.24. The number of ether oxygens (including phenoxy) is 1. The van der Waals surface area contributed by atoms with E-state index in [1.165, 1.54) is 0 Å². The zero-order valence-corrected chi connectivity index (χ0v) is 19.5. The summed E-state index contributed by atoms with van der Waals surface area (Å²) in [6.07, 6.45) is 2.87. The minimum atomic E-state index is -0.651. The number of nitrogens with one attached hydrogen (secondary N) is 2. The molecule has 4 N–H and O–H groups in total. The number of aromatic nitrogens is 2. The van der Waals surface area contributed by atoms with E-state index in [0.29, 0.717) is 42.8 Å². The minimum absolute atomic E-state index is 0.0503. The summed E-state index contributed by atoms with van der Waals surface area (Å²) in [5.74, 6) is -0.904. The molecule has 9 heteroatoms. The van der Waals surface area contributed by atoms with Crippen LogP contribution >= 0.6 is 0 Å². The van der Waals surface area contributed by atoms with Crippen molar-refractivity contribution in [2.45, 2.75) is 12.6 Å². The Balaban J connectivity index is 1.46. The number of nitrogens with zero attached hydrogens (tertiary/aromatic N) is 2. The molecule has 2 aliphatic rings. The third-order valence-electron chi connectivity index (χ3n) is 6.90. The number of phenolic OH excluding ortho intramolecular Hbond substituents is 1. The molecule has 9 nitrogen and oxygen atoms in total. The number of fused-ring (bicyclic) bond motifs is 2. The van der Waals surface area contributed by atoms with Gasteiger partial charge in [-0.1, -0.05) is 18.2 Å². The number of aliphatic hydroxyl groups excluding tert-OH is 1. The van der Waals surface area contributed by atoms with Crippen molar-refractivity contribution in [2.75, 3.05) is 32.8 Å². The van der Waals surface area contributed by atoms with E-state index >= 15 is 0 Å². The number of aliphatic hydroxyl groups is 1. The van der Waals surface area contributed by atoms with Crippen molar-refractivity contribution >= 4 is 44.8 Å². The molecule has 2 aromatic heterocycles. The molecule has 0 aliphatic carbocycles. The number of hydrogen-bond acceptors (Lipinski definition) is 6. The highest BCUT2D eigenvalue weighted by atomic mass is 16.5. The Hall–Kier alpha value is -3.92. The molecule has 4 aromatic rings. The molecule has 0 radical (unpaired) electrons. The molecule has 0 bridgehead atoms. The molecule has 2 aliphatic heterocycles. The monoisotopic (exact) mass is 486 g/mol. The van der Waals surface area contributed by atoms with Gasteiger partial charge in [-0.25, -0.2) is 0 Å². The Morgan fingerprint density at radius 3 is 2.50 bits per heavy atom. The Bertz CT molecular complexity index is 1530. The van der Waals surface area contributed by atoms with Crippen molar-refractivity contribution in [2.24, 2.45) is 0 Å². The van der Waals surface area contributed by atoms with Crippen LogP contribution in [0.5, 0.6) is 5.75 Å². The lowest BCUT2D eigenvalue weighted by molar-refractivity contribution is -0.122. The first kappa shape index (κ1) is 22.5. The Morgan fingerprint density at radius 2 is 1.69 bits per heavy atom. The van der Waals surface area contributed by atoms with Crippen LogP contribution in [0, 0.1) is 0 Å². The van der Waals surface area contributed by atoms with E-state index in [4.69, 9.17) is 4.74 Å². The number of morpholine rings is 1. The molecule has 184 valence electrons. The van der Waals surface area contributed by atoms with Gasteiger partial charge in [-0.3, -0.25) is 19.8 Å². The van der Waals surface area contributed by atoms with E-state index in [-0.39, 0.29) is 16.9 Å². The summed E-state index contributed by atoms with van der Waals surface area (Å²) in [6.45, 7) is 3.63. The predicted molar refractivity (Wildman–Crippen MR) is 135 cm³/mol. The van der Waals surface area contributed by atoms with Gasteiger partial charge >= 0.3 is 0 Å². The van der Waals surface area contributed by atoms with E-state index in [2.05, 4.69) is 15.2 Å². The lowest BCUT2D eigenvalue weighted by Crippen LogP contribution is -2.41. The number of H-pyrrole nitrogens is 1. The molecule has 4 heterocycles. The standard InChI is InChI=1S/C27H26N4O5/c32-16-5-6-23-19(11-16)21(15-31(23)14-17(33)13-30-7-9-36-10-8-30)25-24(26(34)29-27(25)35)20-12-28-22-4-2-1-3-18(20)22/h1-6,11-12,15,17,28,32-33H,7-10,13-14H2,(H,29,34,35). The third-order valence-corrected chi connectivity index (χ3v) is 6.90. The van der Waals surface area contributed by atoms with Crippen LogP contribution in [0.1, 0.15) is 11.1 Å². The minimum Gasteiger partial charge on any atom is -0.508 e. The summed E-state index contributed by atoms with van der Waals surface area (Å²) in [6, 6.07) is 12.5. The number of β-amino-alcohol motifs (C(OH)–C–C–N with tert-alkyl or cyclic N) is 1. The van der Waals surface area contributed by atoms with Crippen LogP contribution in [0.25, 0.3) is 33.0 Å². The van der Waals surface area contributed by atoms with Gasteiger partial charge in [0.25, 0.3) is 11.8 Å². The highest BCUT2D eigenvalue weighted by Crippen LogP contribution is 2.39. The van der Waals surface area contributed by atoms with Gasteiger partial charge in [0.05, 0.1) is 30.5 Å². The van der Waals surface area contributed by atoms with Crippen LogP contribution in [-0.2, 0) is 20.9 Å². The average Bonchev–Trinajstić information content (AvgIpc) is 3.52. The van der Waals surface area contributed by atoms with Gasteiger partial charge in [0.15, 0.2) is 0 Å². The fraction of sp³-hybridized carbons (Fsp3) is 0.259. The second-order valence-corrected chi connectivity index (χ2v) is 9.24. The highest BCUT2D eigenvalue weighted by molar-refractivity contribution is 6.50. The van der Waals surface area contributed by atoms with Crippen LogP contribution in [0.4, 0.5) is 0 Å². The number of hydrogen-bond donors (Lipinski definition) is 4. The van der Waals surface area contributed by atoms with Crippen molar-refractivity contribution in [1.82, 2.24) is 19.8 Å². The number of phenols is 1. The van der Waals surface area contributed by atoms with Gasteiger partial charge < -0.3 is 24.5 Å². The number of para-hydroxylation sites is 1. The predicted octanol–water partition coefficient (Wildman–Crippen LogP) is 2.09. The molecule has 0 saturated carbocycles. The van der Waals surface area contributed by atoms with Crippen LogP contribution in [0.15, 0.2) is 54.9 Å². The molecule has 2 aromatic carbocycles. The van der Waals surface area contributed by atoms with E-state index in [1.54, 1.807) is 30.6 Å². The molecule has 1 atom stereocenters. The lowest BCUT2D eigenvalue weighted by Gasteiger charge is -2.28. The molecular formula is C27H26N4O5. The van der Waals surface area contributed by atoms with E-state index in [1.807, 2.05) is 28.8 Å². The van der Waals surface area contributed by atoms with Gasteiger partial charge in [-0.15, -0.1) is 0 Å². The fourth-order valence-electron chi connectivity index (χ4n) is 5.25. The first-order chi connectivity index (χ1) is 17.5. The average molecular weight is 487 g/mol. The van der Waals surface area contributed by atoms with Crippen LogP contribution in [0.3, 0.4) is 0 Å². The van der Waals surface area contributed by atoms with Crippen molar-refractivity contribution < 1.29 is 24.5 Å². The van der Waals surface area contributed by atoms with Gasteiger partial charge in [0.1, 0.15) is 5.75 Å². The van der Waals surface area contributed by atoms with Crippen LogP contribution in [-0.4, -0.2) is 75.4 Å². The van der Waals surface area contributed by atoms with Crippen LogP contribution in [0.2, 0.25) is 0 Å². The summed E-state index contributed by atoms with van der Waals surface area (Å²) >= 11 is 0. The number of carbonyl (C=O) groups is 2. The number of imide groups is 1. The number of aromatic amines is 1. The zero-order valence-electron chi connectivity index (χ0n) is 19.5. The largest absolute Gasteiger partial charge is 0.508 e. The summed E-state index contributed by atoms with van der Waals surface area (Å²) in [5, 5.41) is 25.0. The topological polar surface area (TPSA) is 120 Å². The first-order valence-corrected chi connectivity index (χ1v) is 12.0. The molecule has 1 saturated heterocycles. The second kappa shape index (κ2) is 8.94. The molecule has 0 spiro atoms. The van der Waals surface area contributed by atoms with Gasteiger partial charge in [0, 0.05) is 71.5 Å². The number of rotatable bonds is 6. The van der Waals surface area contributed by atoms with Gasteiger partial charge in [0.2, 0.25) is 0 Å². The summed E-state index contributed by atoms with van der Waals surface area (Å²) in [7, 11) is 0. The number of amides is 2. The fourth-order valence-corrected chi connectivity index (χ4v) is 5.25. The highest BCUT2D eigenvalue weighted by Gasteiger charge is 2.35. The molecule has 1 unspecified atom stereocenters. The zero-order chi connectivity index (χ0) is 24.8. The van der Waals surface area contributed by atoms with E-state index in [0.717, 1.165) is 29.5 Å². The smallest absolute Gasteiger partial charge is 0.259 e. The maximum atomic E-state index is 13.1. The maximum Gasteiger partial charge on any atom is 0.259 e. The molecule has 36 heavy (non-hydrogen) atoms. The summed E-state index contributed by atoms with van der Waals surface area (Å²) < 4.78 is 7.27. The quantitative estimate of drug-likeness (QED) is 0.310. The van der Waals surface area contributed by atoms with Gasteiger partial charge in [-0.2, -0.15) is 0 Å². The Morgan fingerprint density at radius 1 is 0.944 bits per heavy atom. The van der Waals surface area contributed by atoms with Gasteiger partial charge in [-0.05, 0) is 24.3 Å². The van der Waals surface area contributed by atoms with Crippen molar-refractivity contribution in [1.29, 1.82) is 0 Å². The van der Waals surface area contributed by atoms with Crippen molar-refractivity contribution in [3.8, 4) is 5.75 Å². The normalized spacial score (nSPS) is 17.9. The Kier molecular flexibility index (Phi) is 5.60.